The lowest BCUT2D eigenvalue weighted by Crippen LogP contribution is -2.21. The molecular formula is C20H38O3. The molecule has 0 radical (unpaired) electrons. The molecule has 0 amide bonds. The smallest absolute Gasteiger partial charge is 0.334 e. The molecule has 0 saturated heterocycles. The quantitative estimate of drug-likeness (QED) is 0.330. The second-order valence-corrected chi connectivity index (χ2v) is 7.34. The van der Waals surface area contributed by atoms with Crippen molar-refractivity contribution in [2.45, 2.75) is 103 Å². The molecule has 1 N–H and O–H groups in total. The molecule has 3 heteroatoms. The Morgan fingerprint density at radius 1 is 0.957 bits per heavy atom. The predicted octanol–water partition coefficient (Wildman–Crippen LogP) is 5.25. The molecule has 1 aliphatic rings. The van der Waals surface area contributed by atoms with Crippen LogP contribution in [0.15, 0.2) is 0 Å². The summed E-state index contributed by atoms with van der Waals surface area (Å²) in [7, 11) is 1.33. The number of methoxy groups -OCH3 is 1. The second kappa shape index (κ2) is 12.8. The van der Waals surface area contributed by atoms with Gasteiger partial charge in [0.25, 0.3) is 0 Å². The Morgan fingerprint density at radius 3 is 2.04 bits per heavy atom. The van der Waals surface area contributed by atoms with Gasteiger partial charge in [0, 0.05) is 0 Å². The number of hydrogen-bond donors (Lipinski definition) is 1. The van der Waals surface area contributed by atoms with Gasteiger partial charge in [-0.2, -0.15) is 0 Å². The largest absolute Gasteiger partial charge is 0.467 e. The first-order valence-electron chi connectivity index (χ1n) is 9.95. The maximum atomic E-state index is 11.1. The minimum Gasteiger partial charge on any atom is -0.467 e. The van der Waals surface area contributed by atoms with Gasteiger partial charge in [0.05, 0.1) is 7.11 Å². The van der Waals surface area contributed by atoms with E-state index in [2.05, 4.69) is 11.7 Å². The number of ether oxygens (including phenoxy) is 1. The van der Waals surface area contributed by atoms with Gasteiger partial charge in [0.1, 0.15) is 0 Å². The van der Waals surface area contributed by atoms with E-state index in [4.69, 9.17) is 0 Å². The van der Waals surface area contributed by atoms with E-state index in [0.29, 0.717) is 6.42 Å². The minimum atomic E-state index is -0.918. The number of carbonyl (C=O) groups excluding carboxylic acids is 1. The third kappa shape index (κ3) is 10.0. The lowest BCUT2D eigenvalue weighted by atomic mass is 10.0. The van der Waals surface area contributed by atoms with E-state index >= 15 is 0 Å². The molecule has 0 aliphatic heterocycles. The van der Waals surface area contributed by atoms with Gasteiger partial charge < -0.3 is 9.84 Å². The second-order valence-electron chi connectivity index (χ2n) is 7.34. The number of aliphatic hydroxyl groups excluding tert-OH is 1. The summed E-state index contributed by atoms with van der Waals surface area (Å²) < 4.78 is 4.54. The summed E-state index contributed by atoms with van der Waals surface area (Å²) in [5, 5.41) is 9.57. The highest BCUT2D eigenvalue weighted by Gasteiger charge is 2.36. The molecule has 0 spiro atoms. The van der Waals surface area contributed by atoms with Crippen LogP contribution in [0.3, 0.4) is 0 Å². The summed E-state index contributed by atoms with van der Waals surface area (Å²) in [5.41, 5.74) is 0. The van der Waals surface area contributed by atoms with Crippen LogP contribution >= 0.6 is 0 Å². The fourth-order valence-corrected chi connectivity index (χ4v) is 3.54. The molecule has 1 fully saturated rings. The Balaban J connectivity index is 1.83. The van der Waals surface area contributed by atoms with Gasteiger partial charge in [-0.15, -0.1) is 0 Å². The number of rotatable bonds is 15. The zero-order valence-electron chi connectivity index (χ0n) is 15.4. The highest BCUT2D eigenvalue weighted by Crippen LogP contribution is 2.45. The molecule has 0 aromatic carbocycles. The van der Waals surface area contributed by atoms with Crippen LogP contribution in [0.1, 0.15) is 96.8 Å². The number of aliphatic hydroxyl groups is 1. The summed E-state index contributed by atoms with van der Waals surface area (Å²) in [6.07, 6.45) is 17.2. The molecule has 3 atom stereocenters. The Morgan fingerprint density at radius 2 is 1.48 bits per heavy atom. The van der Waals surface area contributed by atoms with Crippen LogP contribution in [0.5, 0.6) is 0 Å². The normalized spacial score (nSPS) is 21.2. The maximum Gasteiger partial charge on any atom is 0.334 e. The molecule has 0 heterocycles. The van der Waals surface area contributed by atoms with Gasteiger partial charge in [-0.25, -0.2) is 4.79 Å². The lowest BCUT2D eigenvalue weighted by Gasteiger charge is -2.07. The Hall–Kier alpha value is -0.570. The first-order chi connectivity index (χ1) is 11.2. The summed E-state index contributed by atoms with van der Waals surface area (Å²) >= 11 is 0. The highest BCUT2D eigenvalue weighted by molar-refractivity contribution is 5.74. The van der Waals surface area contributed by atoms with Crippen molar-refractivity contribution >= 4 is 5.97 Å². The average molecular weight is 327 g/mol. The molecule has 0 unspecified atom stereocenters. The van der Waals surface area contributed by atoms with E-state index in [1.807, 2.05) is 0 Å². The van der Waals surface area contributed by atoms with Gasteiger partial charge in [0.2, 0.25) is 0 Å². The van der Waals surface area contributed by atoms with Crippen molar-refractivity contribution in [1.82, 2.24) is 0 Å². The van der Waals surface area contributed by atoms with E-state index in [1.165, 1.54) is 84.2 Å². The first-order valence-corrected chi connectivity index (χ1v) is 9.95. The Kier molecular flexibility index (Phi) is 11.4. The average Bonchev–Trinajstić information content (AvgIpc) is 3.32. The van der Waals surface area contributed by atoms with Crippen molar-refractivity contribution in [3.8, 4) is 0 Å². The van der Waals surface area contributed by atoms with Crippen molar-refractivity contribution in [3.05, 3.63) is 0 Å². The van der Waals surface area contributed by atoms with E-state index in [1.54, 1.807) is 0 Å². The summed E-state index contributed by atoms with van der Waals surface area (Å²) in [6.45, 7) is 2.27. The zero-order valence-corrected chi connectivity index (χ0v) is 15.4. The van der Waals surface area contributed by atoms with E-state index in [-0.39, 0.29) is 0 Å². The lowest BCUT2D eigenvalue weighted by molar-refractivity contribution is -0.150. The maximum absolute atomic E-state index is 11.1. The van der Waals surface area contributed by atoms with Crippen LogP contribution in [0.4, 0.5) is 0 Å². The van der Waals surface area contributed by atoms with Crippen LogP contribution in [-0.4, -0.2) is 24.3 Å². The highest BCUT2D eigenvalue weighted by atomic mass is 16.5. The van der Waals surface area contributed by atoms with Gasteiger partial charge in [-0.1, -0.05) is 77.6 Å². The van der Waals surface area contributed by atoms with Crippen molar-refractivity contribution in [2.24, 2.45) is 11.8 Å². The van der Waals surface area contributed by atoms with Gasteiger partial charge in [-0.3, -0.25) is 0 Å². The fourth-order valence-electron chi connectivity index (χ4n) is 3.54. The number of hydrogen-bond acceptors (Lipinski definition) is 3. The van der Waals surface area contributed by atoms with Gasteiger partial charge in [0.15, 0.2) is 6.10 Å². The topological polar surface area (TPSA) is 46.5 Å². The monoisotopic (exact) mass is 326 g/mol. The minimum absolute atomic E-state index is 0.489. The fraction of sp³-hybridized carbons (Fsp3) is 0.950. The van der Waals surface area contributed by atoms with Crippen LogP contribution in [0.2, 0.25) is 0 Å². The molecular weight excluding hydrogens is 288 g/mol. The number of carbonyl (C=O) groups is 1. The third-order valence-electron chi connectivity index (χ3n) is 5.28. The van der Waals surface area contributed by atoms with Gasteiger partial charge >= 0.3 is 5.97 Å². The molecule has 3 nitrogen and oxygen atoms in total. The zero-order chi connectivity index (χ0) is 16.9. The first kappa shape index (κ1) is 20.5. The van der Waals surface area contributed by atoms with Crippen LogP contribution in [0, 0.1) is 11.8 Å². The molecule has 0 aromatic rings. The molecule has 1 aliphatic carbocycles. The standard InChI is InChI=1S/C20H38O3/c1-3-4-5-6-7-8-9-10-11-12-13-17-16-18(17)14-15-19(21)20(22)23-2/h17-19,21H,3-16H2,1-2H3/t17-,18+,19-/m1/s1. The molecule has 136 valence electrons. The number of unbranched alkanes of at least 4 members (excludes halogenated alkanes) is 9. The SMILES string of the molecule is CCCCCCCCCCCC[C@@H]1C[C@@H]1CC[C@@H](O)C(=O)OC. The van der Waals surface area contributed by atoms with E-state index in [9.17, 15) is 9.90 Å². The van der Waals surface area contributed by atoms with Crippen molar-refractivity contribution < 1.29 is 14.6 Å². The summed E-state index contributed by atoms with van der Waals surface area (Å²) in [4.78, 5) is 11.1. The molecule has 23 heavy (non-hydrogen) atoms. The Labute approximate surface area is 143 Å². The van der Waals surface area contributed by atoms with E-state index in [0.717, 1.165) is 18.3 Å². The third-order valence-corrected chi connectivity index (χ3v) is 5.28. The van der Waals surface area contributed by atoms with E-state index < -0.39 is 12.1 Å². The predicted molar refractivity (Wildman–Crippen MR) is 95.3 cm³/mol. The molecule has 0 aromatic heterocycles. The van der Waals surface area contributed by atoms with Crippen molar-refractivity contribution in [1.29, 1.82) is 0 Å². The summed E-state index contributed by atoms with van der Waals surface area (Å²) in [5.74, 6) is 1.11. The van der Waals surface area contributed by atoms with Crippen LogP contribution in [0.25, 0.3) is 0 Å². The van der Waals surface area contributed by atoms with Crippen molar-refractivity contribution in [2.75, 3.05) is 7.11 Å². The van der Waals surface area contributed by atoms with Crippen molar-refractivity contribution in [3.63, 3.8) is 0 Å². The van der Waals surface area contributed by atoms with Crippen LogP contribution < -0.4 is 0 Å². The number of esters is 1. The molecule has 0 bridgehead atoms. The summed E-state index contributed by atoms with van der Waals surface area (Å²) in [6, 6.07) is 0. The Bertz CT molecular complexity index is 303. The molecule has 1 saturated carbocycles. The van der Waals surface area contributed by atoms with Crippen LogP contribution in [-0.2, 0) is 9.53 Å². The van der Waals surface area contributed by atoms with Gasteiger partial charge in [-0.05, 0) is 31.1 Å². The molecule has 1 rings (SSSR count).